The van der Waals surface area contributed by atoms with Crippen LogP contribution in [0.3, 0.4) is 0 Å². The molecule has 10 nitrogen and oxygen atoms in total. The number of rotatable bonds is 7. The Morgan fingerprint density at radius 1 is 0.815 bits per heavy atom. The molecule has 0 amide bonds. The second-order valence-corrected chi connectivity index (χ2v) is 5.93. The van der Waals surface area contributed by atoms with Crippen LogP contribution >= 0.6 is 0 Å². The molecule has 1 aliphatic heterocycles. The standard InChI is InChI=1S/C17H23NO9/c1-9(19)23-8-14-16(25-11(3)21)17(26-12(4)22)15(24-10(2)20)13(27-14)6-5-7-18/h13-17H,5-6,8H2,1-4H3. The third-order valence-corrected chi connectivity index (χ3v) is 3.63. The summed E-state index contributed by atoms with van der Waals surface area (Å²) in [6.07, 6.45) is -5.02. The minimum Gasteiger partial charge on any atom is -0.463 e. The number of ether oxygens (including phenoxy) is 5. The third kappa shape index (κ3) is 7.22. The molecule has 5 atom stereocenters. The first kappa shape index (κ1) is 22.4. The Bertz CT molecular complexity index is 612. The van der Waals surface area contributed by atoms with Crippen LogP contribution in [0.4, 0.5) is 0 Å². The minimum atomic E-state index is -1.19. The topological polar surface area (TPSA) is 138 Å². The zero-order valence-corrected chi connectivity index (χ0v) is 15.6. The lowest BCUT2D eigenvalue weighted by Crippen LogP contribution is -2.62. The van der Waals surface area contributed by atoms with Crippen molar-refractivity contribution in [3.05, 3.63) is 0 Å². The van der Waals surface area contributed by atoms with Gasteiger partial charge in [-0.05, 0) is 6.42 Å². The molecule has 0 aromatic heterocycles. The van der Waals surface area contributed by atoms with Gasteiger partial charge in [-0.15, -0.1) is 0 Å². The van der Waals surface area contributed by atoms with E-state index in [9.17, 15) is 19.2 Å². The smallest absolute Gasteiger partial charge is 0.303 e. The van der Waals surface area contributed by atoms with Crippen LogP contribution in [-0.4, -0.2) is 61.0 Å². The normalized spacial score (nSPS) is 27.0. The SMILES string of the molecule is CC(=O)OCC1OC(CCC#N)C(OC(C)=O)C(OC(C)=O)C1OC(C)=O. The monoisotopic (exact) mass is 385 g/mol. The molecule has 0 spiro atoms. The van der Waals surface area contributed by atoms with Crippen molar-refractivity contribution < 1.29 is 42.9 Å². The van der Waals surface area contributed by atoms with Crippen molar-refractivity contribution in [2.24, 2.45) is 0 Å². The molecule has 1 heterocycles. The van der Waals surface area contributed by atoms with E-state index in [1.165, 1.54) is 6.92 Å². The Hall–Kier alpha value is -2.67. The van der Waals surface area contributed by atoms with E-state index in [1.54, 1.807) is 0 Å². The minimum absolute atomic E-state index is 0.0771. The summed E-state index contributed by atoms with van der Waals surface area (Å²) in [5, 5.41) is 8.85. The number of esters is 4. The van der Waals surface area contributed by atoms with Gasteiger partial charge in [-0.2, -0.15) is 5.26 Å². The van der Waals surface area contributed by atoms with E-state index >= 15 is 0 Å². The van der Waals surface area contributed by atoms with Gasteiger partial charge in [0.1, 0.15) is 18.8 Å². The van der Waals surface area contributed by atoms with E-state index in [1.807, 2.05) is 6.07 Å². The van der Waals surface area contributed by atoms with Crippen LogP contribution in [0.1, 0.15) is 40.5 Å². The Morgan fingerprint density at radius 3 is 1.74 bits per heavy atom. The molecule has 1 rings (SSSR count). The van der Waals surface area contributed by atoms with Crippen LogP contribution in [0, 0.1) is 11.3 Å². The maximum Gasteiger partial charge on any atom is 0.303 e. The number of nitrogens with zero attached hydrogens (tertiary/aromatic N) is 1. The van der Waals surface area contributed by atoms with Crippen molar-refractivity contribution >= 4 is 23.9 Å². The molecule has 0 aromatic carbocycles. The fourth-order valence-electron chi connectivity index (χ4n) is 2.76. The van der Waals surface area contributed by atoms with Crippen LogP contribution in [0.25, 0.3) is 0 Å². The molecule has 150 valence electrons. The molecule has 5 unspecified atom stereocenters. The van der Waals surface area contributed by atoms with Crippen LogP contribution in [0.5, 0.6) is 0 Å². The average molecular weight is 385 g/mol. The lowest BCUT2D eigenvalue weighted by atomic mass is 9.92. The zero-order chi connectivity index (χ0) is 20.6. The number of hydrogen-bond donors (Lipinski definition) is 0. The first-order valence-corrected chi connectivity index (χ1v) is 8.33. The lowest BCUT2D eigenvalue weighted by molar-refractivity contribution is -0.253. The fraction of sp³-hybridized carbons (Fsp3) is 0.706. The largest absolute Gasteiger partial charge is 0.463 e. The van der Waals surface area contributed by atoms with E-state index in [2.05, 4.69) is 0 Å². The van der Waals surface area contributed by atoms with Crippen LogP contribution in [-0.2, 0) is 42.9 Å². The maximum absolute atomic E-state index is 11.6. The van der Waals surface area contributed by atoms with Gasteiger partial charge in [-0.25, -0.2) is 0 Å². The number of carbonyl (C=O) groups is 4. The predicted molar refractivity (Wildman–Crippen MR) is 86.8 cm³/mol. The Morgan fingerprint density at radius 2 is 1.30 bits per heavy atom. The molecule has 0 aromatic rings. The maximum atomic E-state index is 11.6. The van der Waals surface area contributed by atoms with Gasteiger partial charge in [0.2, 0.25) is 0 Å². The summed E-state index contributed by atoms with van der Waals surface area (Å²) < 4.78 is 26.5. The highest BCUT2D eigenvalue weighted by Gasteiger charge is 2.51. The van der Waals surface area contributed by atoms with Crippen molar-refractivity contribution in [2.75, 3.05) is 6.61 Å². The van der Waals surface area contributed by atoms with Gasteiger partial charge in [0.05, 0.1) is 6.07 Å². The first-order chi connectivity index (χ1) is 12.6. The van der Waals surface area contributed by atoms with Crippen molar-refractivity contribution in [2.45, 2.75) is 71.1 Å². The van der Waals surface area contributed by atoms with Gasteiger partial charge in [-0.1, -0.05) is 0 Å². The Labute approximate surface area is 156 Å². The fourth-order valence-corrected chi connectivity index (χ4v) is 2.76. The molecule has 0 aliphatic carbocycles. The van der Waals surface area contributed by atoms with Crippen molar-refractivity contribution in [1.29, 1.82) is 5.26 Å². The van der Waals surface area contributed by atoms with Crippen molar-refractivity contribution in [3.63, 3.8) is 0 Å². The summed E-state index contributed by atoms with van der Waals surface area (Å²) in [5.74, 6) is -2.63. The highest BCUT2D eigenvalue weighted by atomic mass is 16.7. The quantitative estimate of drug-likeness (QED) is 0.447. The molecule has 1 fully saturated rings. The van der Waals surface area contributed by atoms with Crippen molar-refractivity contribution in [1.82, 2.24) is 0 Å². The number of nitriles is 1. The number of hydrogen-bond acceptors (Lipinski definition) is 10. The first-order valence-electron chi connectivity index (χ1n) is 8.33. The summed E-state index contributed by atoms with van der Waals surface area (Å²) in [4.78, 5) is 45.8. The van der Waals surface area contributed by atoms with Gasteiger partial charge in [-0.3, -0.25) is 19.2 Å². The molecule has 1 saturated heterocycles. The van der Waals surface area contributed by atoms with E-state index < -0.39 is 54.4 Å². The van der Waals surface area contributed by atoms with E-state index in [-0.39, 0.29) is 19.4 Å². The second kappa shape index (κ2) is 10.5. The predicted octanol–water partition coefficient (Wildman–Crippen LogP) is 0.416. The molecule has 1 aliphatic rings. The van der Waals surface area contributed by atoms with E-state index in [0.717, 1.165) is 20.8 Å². The van der Waals surface area contributed by atoms with E-state index in [0.29, 0.717) is 0 Å². The summed E-state index contributed by atoms with van der Waals surface area (Å²) in [6.45, 7) is 4.38. The number of carbonyl (C=O) groups excluding carboxylic acids is 4. The molecule has 0 saturated carbocycles. The van der Waals surface area contributed by atoms with Crippen LogP contribution in [0.2, 0.25) is 0 Å². The van der Waals surface area contributed by atoms with Crippen LogP contribution < -0.4 is 0 Å². The molecular weight excluding hydrogens is 362 g/mol. The van der Waals surface area contributed by atoms with Gasteiger partial charge in [0.25, 0.3) is 0 Å². The van der Waals surface area contributed by atoms with Crippen LogP contribution in [0.15, 0.2) is 0 Å². The summed E-state index contributed by atoms with van der Waals surface area (Å²) >= 11 is 0. The third-order valence-electron chi connectivity index (χ3n) is 3.63. The van der Waals surface area contributed by atoms with Gasteiger partial charge >= 0.3 is 23.9 Å². The Balaban J connectivity index is 3.25. The van der Waals surface area contributed by atoms with E-state index in [4.69, 9.17) is 28.9 Å². The Kier molecular flexibility index (Phi) is 8.68. The highest BCUT2D eigenvalue weighted by molar-refractivity contribution is 5.68. The molecule has 0 bridgehead atoms. The molecule has 27 heavy (non-hydrogen) atoms. The summed E-state index contributed by atoms with van der Waals surface area (Å²) in [6, 6.07) is 1.95. The average Bonchev–Trinajstić information content (AvgIpc) is 2.54. The van der Waals surface area contributed by atoms with Crippen molar-refractivity contribution in [3.8, 4) is 6.07 Å². The molecule has 10 heteroatoms. The van der Waals surface area contributed by atoms with Gasteiger partial charge < -0.3 is 23.7 Å². The molecular formula is C17H23NO9. The highest BCUT2D eigenvalue weighted by Crippen LogP contribution is 2.31. The summed E-state index contributed by atoms with van der Waals surface area (Å²) in [5.41, 5.74) is 0. The summed E-state index contributed by atoms with van der Waals surface area (Å²) in [7, 11) is 0. The molecule has 0 N–H and O–H groups in total. The van der Waals surface area contributed by atoms with Gasteiger partial charge in [0.15, 0.2) is 18.3 Å². The second-order valence-electron chi connectivity index (χ2n) is 5.93. The zero-order valence-electron chi connectivity index (χ0n) is 15.6. The lowest BCUT2D eigenvalue weighted by Gasteiger charge is -2.44. The molecule has 0 radical (unpaired) electrons. The van der Waals surface area contributed by atoms with Gasteiger partial charge in [0, 0.05) is 34.1 Å².